The third kappa shape index (κ3) is 2.14. The first-order valence-electron chi connectivity index (χ1n) is 4.78. The molecule has 1 saturated heterocycles. The van der Waals surface area contributed by atoms with Crippen LogP contribution in [0, 0.1) is 0 Å². The Balaban J connectivity index is 2.22. The van der Waals surface area contributed by atoms with Crippen molar-refractivity contribution in [3.8, 4) is 0 Å². The standard InChI is InChI=1S/C9H11N5O2/c10-3-6-1-2-11-9(12-6)14-4-7(15)13-8(16)5-14/h1-2H,3-5,10H2,(H,13,15,16). The van der Waals surface area contributed by atoms with Crippen LogP contribution in [0.15, 0.2) is 12.3 Å². The Labute approximate surface area is 91.7 Å². The van der Waals surface area contributed by atoms with Crippen molar-refractivity contribution in [2.45, 2.75) is 6.54 Å². The van der Waals surface area contributed by atoms with Crippen LogP contribution < -0.4 is 16.0 Å². The number of nitrogens with one attached hydrogen (secondary N) is 1. The third-order valence-corrected chi connectivity index (χ3v) is 2.14. The number of carbonyl (C=O) groups excluding carboxylic acids is 2. The molecule has 1 aliphatic rings. The molecule has 2 amide bonds. The molecule has 0 radical (unpaired) electrons. The molecule has 3 N–H and O–H groups in total. The Kier molecular flexibility index (Phi) is 2.78. The van der Waals surface area contributed by atoms with Crippen molar-refractivity contribution in [2.75, 3.05) is 18.0 Å². The fourth-order valence-corrected chi connectivity index (χ4v) is 1.43. The van der Waals surface area contributed by atoms with Crippen LogP contribution in [-0.4, -0.2) is 34.9 Å². The molecular weight excluding hydrogens is 210 g/mol. The summed E-state index contributed by atoms with van der Waals surface area (Å²) >= 11 is 0. The molecule has 0 atom stereocenters. The van der Waals surface area contributed by atoms with E-state index in [2.05, 4.69) is 15.3 Å². The van der Waals surface area contributed by atoms with Crippen LogP contribution in [0.25, 0.3) is 0 Å². The number of imide groups is 1. The lowest BCUT2D eigenvalue weighted by Crippen LogP contribution is -2.52. The Bertz CT molecular complexity index is 418. The molecule has 0 saturated carbocycles. The smallest absolute Gasteiger partial charge is 0.246 e. The Morgan fingerprint density at radius 1 is 1.38 bits per heavy atom. The highest BCUT2D eigenvalue weighted by atomic mass is 16.2. The molecule has 16 heavy (non-hydrogen) atoms. The van der Waals surface area contributed by atoms with E-state index in [-0.39, 0.29) is 24.9 Å². The summed E-state index contributed by atoms with van der Waals surface area (Å²) in [5, 5.41) is 2.21. The zero-order valence-electron chi connectivity index (χ0n) is 8.51. The second kappa shape index (κ2) is 4.23. The van der Waals surface area contributed by atoms with Crippen molar-refractivity contribution >= 4 is 17.8 Å². The van der Waals surface area contributed by atoms with Crippen LogP contribution in [0.4, 0.5) is 5.95 Å². The molecule has 0 aromatic carbocycles. The van der Waals surface area contributed by atoms with Crippen LogP contribution >= 0.6 is 0 Å². The van der Waals surface area contributed by atoms with Gasteiger partial charge in [0.25, 0.3) is 0 Å². The van der Waals surface area contributed by atoms with Crippen molar-refractivity contribution in [3.63, 3.8) is 0 Å². The Morgan fingerprint density at radius 3 is 2.69 bits per heavy atom. The number of hydrogen-bond donors (Lipinski definition) is 2. The summed E-state index contributed by atoms with van der Waals surface area (Å²) in [5.74, 6) is -0.345. The first-order chi connectivity index (χ1) is 7.69. The van der Waals surface area contributed by atoms with Gasteiger partial charge in [-0.3, -0.25) is 14.9 Å². The molecule has 1 aliphatic heterocycles. The van der Waals surface area contributed by atoms with Crippen molar-refractivity contribution in [1.29, 1.82) is 0 Å². The van der Waals surface area contributed by atoms with Gasteiger partial charge in [-0.1, -0.05) is 0 Å². The topological polar surface area (TPSA) is 101 Å². The van der Waals surface area contributed by atoms with Gasteiger partial charge in [-0.05, 0) is 6.07 Å². The number of rotatable bonds is 2. The van der Waals surface area contributed by atoms with E-state index in [9.17, 15) is 9.59 Å². The van der Waals surface area contributed by atoms with Crippen LogP contribution in [0.2, 0.25) is 0 Å². The van der Waals surface area contributed by atoms with Gasteiger partial charge in [-0.2, -0.15) is 0 Å². The maximum Gasteiger partial charge on any atom is 0.246 e. The summed E-state index contributed by atoms with van der Waals surface area (Å²) in [6.07, 6.45) is 1.56. The molecule has 1 fully saturated rings. The molecule has 0 aliphatic carbocycles. The van der Waals surface area contributed by atoms with Crippen molar-refractivity contribution in [1.82, 2.24) is 15.3 Å². The van der Waals surface area contributed by atoms with E-state index in [1.54, 1.807) is 12.3 Å². The lowest BCUT2D eigenvalue weighted by Gasteiger charge is -2.25. The average molecular weight is 221 g/mol. The molecule has 1 aromatic heterocycles. The summed E-state index contributed by atoms with van der Waals surface area (Å²) in [6, 6.07) is 1.69. The second-order valence-corrected chi connectivity index (χ2v) is 3.38. The zero-order valence-corrected chi connectivity index (χ0v) is 8.51. The maximum atomic E-state index is 11.2. The number of piperazine rings is 1. The highest BCUT2D eigenvalue weighted by molar-refractivity contribution is 6.02. The zero-order chi connectivity index (χ0) is 11.5. The molecule has 0 unspecified atom stereocenters. The van der Waals surface area contributed by atoms with Gasteiger partial charge >= 0.3 is 0 Å². The molecule has 0 bridgehead atoms. The van der Waals surface area contributed by atoms with E-state index in [1.807, 2.05) is 0 Å². The molecule has 1 aromatic rings. The number of carbonyl (C=O) groups is 2. The molecule has 2 heterocycles. The first-order valence-corrected chi connectivity index (χ1v) is 4.78. The molecular formula is C9H11N5O2. The average Bonchev–Trinajstić information content (AvgIpc) is 2.28. The van der Waals surface area contributed by atoms with Crippen LogP contribution in [0.5, 0.6) is 0 Å². The highest BCUT2D eigenvalue weighted by Crippen LogP contribution is 2.08. The van der Waals surface area contributed by atoms with E-state index >= 15 is 0 Å². The van der Waals surface area contributed by atoms with E-state index in [0.717, 1.165) is 0 Å². The third-order valence-electron chi connectivity index (χ3n) is 2.14. The predicted octanol–water partition coefficient (Wildman–Crippen LogP) is -1.60. The maximum absolute atomic E-state index is 11.2. The minimum absolute atomic E-state index is 0.0831. The van der Waals surface area contributed by atoms with Gasteiger partial charge < -0.3 is 10.6 Å². The summed E-state index contributed by atoms with van der Waals surface area (Å²) in [5.41, 5.74) is 6.12. The van der Waals surface area contributed by atoms with Gasteiger partial charge in [0.15, 0.2) is 0 Å². The van der Waals surface area contributed by atoms with Crippen LogP contribution in [-0.2, 0) is 16.1 Å². The van der Waals surface area contributed by atoms with E-state index in [4.69, 9.17) is 5.73 Å². The number of aromatic nitrogens is 2. The van der Waals surface area contributed by atoms with Gasteiger partial charge in [0, 0.05) is 12.7 Å². The summed E-state index contributed by atoms with van der Waals surface area (Å²) in [7, 11) is 0. The highest BCUT2D eigenvalue weighted by Gasteiger charge is 2.24. The van der Waals surface area contributed by atoms with Crippen LogP contribution in [0.3, 0.4) is 0 Å². The summed E-state index contributed by atoms with van der Waals surface area (Å²) < 4.78 is 0. The van der Waals surface area contributed by atoms with E-state index in [0.29, 0.717) is 18.2 Å². The summed E-state index contributed by atoms with van der Waals surface area (Å²) in [4.78, 5) is 32.0. The van der Waals surface area contributed by atoms with E-state index < -0.39 is 0 Å². The second-order valence-electron chi connectivity index (χ2n) is 3.38. The number of nitrogens with two attached hydrogens (primary N) is 1. The number of hydrogen-bond acceptors (Lipinski definition) is 6. The minimum atomic E-state index is -0.349. The first kappa shape index (κ1) is 10.5. The summed E-state index contributed by atoms with van der Waals surface area (Å²) in [6.45, 7) is 0.461. The molecule has 7 heteroatoms. The molecule has 0 spiro atoms. The fraction of sp³-hybridized carbons (Fsp3) is 0.333. The van der Waals surface area contributed by atoms with Crippen molar-refractivity contribution < 1.29 is 9.59 Å². The number of anilines is 1. The number of amides is 2. The fourth-order valence-electron chi connectivity index (χ4n) is 1.43. The lowest BCUT2D eigenvalue weighted by atomic mass is 10.3. The molecule has 7 nitrogen and oxygen atoms in total. The SMILES string of the molecule is NCc1ccnc(N2CC(=O)NC(=O)C2)n1. The monoisotopic (exact) mass is 221 g/mol. The van der Waals surface area contributed by atoms with Gasteiger partial charge in [0.2, 0.25) is 17.8 Å². The van der Waals surface area contributed by atoms with Crippen LogP contribution in [0.1, 0.15) is 5.69 Å². The Morgan fingerprint density at radius 2 is 2.06 bits per heavy atom. The number of nitrogens with zero attached hydrogens (tertiary/aromatic N) is 3. The van der Waals surface area contributed by atoms with Crippen molar-refractivity contribution in [3.05, 3.63) is 18.0 Å². The largest absolute Gasteiger partial charge is 0.325 e. The molecule has 84 valence electrons. The van der Waals surface area contributed by atoms with Crippen molar-refractivity contribution in [2.24, 2.45) is 5.73 Å². The molecule has 2 rings (SSSR count). The van der Waals surface area contributed by atoms with Gasteiger partial charge in [0.05, 0.1) is 5.69 Å². The van der Waals surface area contributed by atoms with Gasteiger partial charge in [-0.25, -0.2) is 9.97 Å². The van der Waals surface area contributed by atoms with E-state index in [1.165, 1.54) is 4.90 Å². The lowest BCUT2D eigenvalue weighted by molar-refractivity contribution is -0.130. The quantitative estimate of drug-likeness (QED) is 0.583. The predicted molar refractivity (Wildman–Crippen MR) is 55.3 cm³/mol. The normalized spacial score (nSPS) is 16.2. The van der Waals surface area contributed by atoms with Gasteiger partial charge in [-0.15, -0.1) is 0 Å². The van der Waals surface area contributed by atoms with Gasteiger partial charge in [0.1, 0.15) is 13.1 Å². The Hall–Kier alpha value is -2.02. The minimum Gasteiger partial charge on any atom is -0.325 e.